The van der Waals surface area contributed by atoms with Gasteiger partial charge >= 0.3 is 6.03 Å². The molecule has 0 aliphatic carbocycles. The van der Waals surface area contributed by atoms with E-state index in [1.54, 1.807) is 0 Å². The van der Waals surface area contributed by atoms with Crippen LogP contribution in [0.4, 0.5) is 4.79 Å². The van der Waals surface area contributed by atoms with Crippen molar-refractivity contribution in [1.82, 2.24) is 10.2 Å². The van der Waals surface area contributed by atoms with E-state index in [0.29, 0.717) is 39.1 Å². The summed E-state index contributed by atoms with van der Waals surface area (Å²) in [6, 6.07) is -0.250. The molecule has 2 aliphatic heterocycles. The van der Waals surface area contributed by atoms with Crippen molar-refractivity contribution in [2.24, 2.45) is 11.1 Å². The van der Waals surface area contributed by atoms with Crippen LogP contribution in [0.5, 0.6) is 0 Å². The molecule has 0 aromatic rings. The molecule has 0 unspecified atom stereocenters. The van der Waals surface area contributed by atoms with E-state index in [4.69, 9.17) is 10.5 Å². The van der Waals surface area contributed by atoms with E-state index >= 15 is 0 Å². The van der Waals surface area contributed by atoms with Gasteiger partial charge in [-0.05, 0) is 24.8 Å². The van der Waals surface area contributed by atoms with Crippen molar-refractivity contribution in [3.63, 3.8) is 0 Å². The molecule has 0 bridgehead atoms. The second kappa shape index (κ2) is 6.32. The number of imide groups is 1. The summed E-state index contributed by atoms with van der Waals surface area (Å²) in [5, 5.41) is 2.87. The molecular weight excluding hydrogens is 270 g/mol. The second-order valence-corrected chi connectivity index (χ2v) is 6.91. The lowest BCUT2D eigenvalue weighted by Gasteiger charge is -2.30. The Morgan fingerprint density at radius 1 is 1.29 bits per heavy atom. The third-order valence-corrected chi connectivity index (χ3v) is 4.63. The summed E-state index contributed by atoms with van der Waals surface area (Å²) in [7, 11) is 0. The fourth-order valence-corrected chi connectivity index (χ4v) is 2.91. The highest BCUT2D eigenvalue weighted by molar-refractivity contribution is 6.07. The number of nitrogens with two attached hydrogens (primary N) is 1. The highest BCUT2D eigenvalue weighted by Crippen LogP contribution is 2.29. The van der Waals surface area contributed by atoms with Gasteiger partial charge in [-0.15, -0.1) is 0 Å². The van der Waals surface area contributed by atoms with E-state index in [1.165, 1.54) is 4.90 Å². The third kappa shape index (κ3) is 3.55. The fourth-order valence-electron chi connectivity index (χ4n) is 2.91. The number of hydrogen-bond acceptors (Lipinski definition) is 4. The number of unbranched alkanes of at least 4 members (excludes halogenated alkanes) is 1. The van der Waals surface area contributed by atoms with Gasteiger partial charge in [-0.1, -0.05) is 20.3 Å². The second-order valence-electron chi connectivity index (χ2n) is 6.91. The molecule has 2 fully saturated rings. The van der Waals surface area contributed by atoms with Crippen molar-refractivity contribution in [1.29, 1.82) is 0 Å². The molecule has 2 heterocycles. The van der Waals surface area contributed by atoms with E-state index in [2.05, 4.69) is 19.2 Å². The normalized spacial score (nSPS) is 22.0. The number of carbonyl (C=O) groups excluding carboxylic acids is 2. The van der Waals surface area contributed by atoms with Gasteiger partial charge in [-0.25, -0.2) is 4.79 Å². The van der Waals surface area contributed by atoms with Crippen molar-refractivity contribution in [3.8, 4) is 0 Å². The molecule has 0 radical (unpaired) electrons. The third-order valence-electron chi connectivity index (χ3n) is 4.63. The van der Waals surface area contributed by atoms with E-state index in [-0.39, 0.29) is 17.4 Å². The Hall–Kier alpha value is -1.14. The highest BCUT2D eigenvalue weighted by Gasteiger charge is 2.51. The molecule has 0 aromatic carbocycles. The Labute approximate surface area is 126 Å². The van der Waals surface area contributed by atoms with E-state index in [9.17, 15) is 9.59 Å². The van der Waals surface area contributed by atoms with Crippen LogP contribution in [0.3, 0.4) is 0 Å². The van der Waals surface area contributed by atoms with Gasteiger partial charge in [0.05, 0.1) is 0 Å². The fraction of sp³-hybridized carbons (Fsp3) is 0.867. The number of hydrogen-bond donors (Lipinski definition) is 2. The first-order valence-corrected chi connectivity index (χ1v) is 7.82. The Bertz CT molecular complexity index is 403. The van der Waals surface area contributed by atoms with Crippen molar-refractivity contribution in [3.05, 3.63) is 0 Å². The summed E-state index contributed by atoms with van der Waals surface area (Å²) in [6.45, 7) is 6.48. The minimum atomic E-state index is -0.703. The van der Waals surface area contributed by atoms with Crippen LogP contribution in [0.25, 0.3) is 0 Å². The first-order valence-electron chi connectivity index (χ1n) is 7.82. The highest BCUT2D eigenvalue weighted by atomic mass is 16.5. The Morgan fingerprint density at radius 3 is 2.57 bits per heavy atom. The van der Waals surface area contributed by atoms with Crippen LogP contribution in [0.2, 0.25) is 0 Å². The molecule has 3 N–H and O–H groups in total. The summed E-state index contributed by atoms with van der Waals surface area (Å²) in [5.41, 5.74) is 5.13. The van der Waals surface area contributed by atoms with Gasteiger partial charge in [0.15, 0.2) is 0 Å². The predicted octanol–water partition coefficient (Wildman–Crippen LogP) is 1.24. The first kappa shape index (κ1) is 16.2. The minimum Gasteiger partial charge on any atom is -0.381 e. The van der Waals surface area contributed by atoms with E-state index < -0.39 is 5.54 Å². The molecular formula is C15H27N3O3. The van der Waals surface area contributed by atoms with Gasteiger partial charge in [0.1, 0.15) is 5.54 Å². The monoisotopic (exact) mass is 297 g/mol. The smallest absolute Gasteiger partial charge is 0.325 e. The average Bonchev–Trinajstić information content (AvgIpc) is 2.68. The Kier molecular flexibility index (Phi) is 4.88. The molecule has 1 spiro atoms. The van der Waals surface area contributed by atoms with E-state index in [1.807, 2.05) is 0 Å². The molecule has 2 aliphatic rings. The molecule has 120 valence electrons. The van der Waals surface area contributed by atoms with Crippen LogP contribution >= 0.6 is 0 Å². The lowest BCUT2D eigenvalue weighted by Crippen LogP contribution is -2.51. The molecule has 0 atom stereocenters. The van der Waals surface area contributed by atoms with Crippen molar-refractivity contribution < 1.29 is 14.3 Å². The first-order chi connectivity index (χ1) is 9.90. The number of amides is 3. The number of carbonyl (C=O) groups is 2. The molecule has 6 heteroatoms. The zero-order valence-corrected chi connectivity index (χ0v) is 13.1. The summed E-state index contributed by atoms with van der Waals surface area (Å²) in [6.07, 6.45) is 3.96. The van der Waals surface area contributed by atoms with E-state index in [0.717, 1.165) is 19.3 Å². The summed E-state index contributed by atoms with van der Waals surface area (Å²) in [4.78, 5) is 25.9. The summed E-state index contributed by atoms with van der Waals surface area (Å²) >= 11 is 0. The average molecular weight is 297 g/mol. The van der Waals surface area contributed by atoms with Crippen LogP contribution in [0.1, 0.15) is 46.0 Å². The largest absolute Gasteiger partial charge is 0.381 e. The van der Waals surface area contributed by atoms with Crippen LogP contribution in [-0.4, -0.2) is 48.7 Å². The molecule has 0 saturated carbocycles. The molecule has 2 saturated heterocycles. The number of urea groups is 1. The van der Waals surface area contributed by atoms with Gasteiger partial charge in [-0.3, -0.25) is 9.69 Å². The maximum Gasteiger partial charge on any atom is 0.325 e. The predicted molar refractivity (Wildman–Crippen MR) is 79.7 cm³/mol. The zero-order chi connectivity index (χ0) is 15.5. The number of nitrogens with one attached hydrogen (secondary N) is 1. The van der Waals surface area contributed by atoms with Gasteiger partial charge in [0.25, 0.3) is 5.91 Å². The number of ether oxygens (including phenoxy) is 1. The van der Waals surface area contributed by atoms with Crippen LogP contribution in [0.15, 0.2) is 0 Å². The maximum atomic E-state index is 12.5. The SMILES string of the molecule is CC(C)(CN)CCCCN1C(=O)NC2(CCOCC2)C1=O. The molecule has 0 aromatic heterocycles. The van der Waals surface area contributed by atoms with Crippen molar-refractivity contribution >= 4 is 11.9 Å². The molecule has 3 amide bonds. The Morgan fingerprint density at radius 2 is 1.95 bits per heavy atom. The quantitative estimate of drug-likeness (QED) is 0.570. The Balaban J connectivity index is 1.84. The van der Waals surface area contributed by atoms with Crippen LogP contribution in [-0.2, 0) is 9.53 Å². The lowest BCUT2D eigenvalue weighted by atomic mass is 9.87. The molecule has 6 nitrogen and oxygen atoms in total. The van der Waals surface area contributed by atoms with Gasteiger partial charge in [0, 0.05) is 32.6 Å². The van der Waals surface area contributed by atoms with Gasteiger partial charge in [-0.2, -0.15) is 0 Å². The van der Waals surface area contributed by atoms with Gasteiger partial charge in [0.2, 0.25) is 0 Å². The standard InChI is InChI=1S/C15H27N3O3/c1-14(2,11-16)5-3-4-8-18-12(19)15(17-13(18)20)6-9-21-10-7-15/h3-11,16H2,1-2H3,(H,17,20). The topological polar surface area (TPSA) is 84.7 Å². The minimum absolute atomic E-state index is 0.0751. The maximum absolute atomic E-state index is 12.5. The summed E-state index contributed by atoms with van der Waals surface area (Å²) in [5.74, 6) is -0.0751. The summed E-state index contributed by atoms with van der Waals surface area (Å²) < 4.78 is 5.29. The van der Waals surface area contributed by atoms with Crippen LogP contribution < -0.4 is 11.1 Å². The number of rotatable bonds is 6. The molecule has 2 rings (SSSR count). The van der Waals surface area contributed by atoms with Crippen molar-refractivity contribution in [2.75, 3.05) is 26.3 Å². The van der Waals surface area contributed by atoms with Gasteiger partial charge < -0.3 is 15.8 Å². The number of nitrogens with zero attached hydrogens (tertiary/aromatic N) is 1. The lowest BCUT2D eigenvalue weighted by molar-refractivity contribution is -0.134. The van der Waals surface area contributed by atoms with Crippen molar-refractivity contribution in [2.45, 2.75) is 51.5 Å². The zero-order valence-electron chi connectivity index (χ0n) is 13.1. The molecule has 21 heavy (non-hydrogen) atoms. The van der Waals surface area contributed by atoms with Crippen LogP contribution in [0, 0.1) is 5.41 Å².